The smallest absolute Gasteiger partial charge is 0.350 e. The van der Waals surface area contributed by atoms with Crippen molar-refractivity contribution in [2.75, 3.05) is 0 Å². The van der Waals surface area contributed by atoms with Crippen LogP contribution in [0.5, 0.6) is 0 Å². The molecule has 5 heterocycles. The Morgan fingerprint density at radius 2 is 1.38 bits per heavy atom. The molecule has 6 bridgehead atoms. The van der Waals surface area contributed by atoms with E-state index < -0.39 is 76.4 Å². The van der Waals surface area contributed by atoms with E-state index in [1.165, 1.54) is 0 Å². The Balaban J connectivity index is 0.000000143. The minimum Gasteiger partial charge on any atom is -0.458 e. The van der Waals surface area contributed by atoms with E-state index in [4.69, 9.17) is 33.2 Å². The zero-order chi connectivity index (χ0) is 41.3. The number of esters is 5. The van der Waals surface area contributed by atoms with Crippen LogP contribution in [0.3, 0.4) is 0 Å². The molecule has 316 valence electrons. The summed E-state index contributed by atoms with van der Waals surface area (Å²) in [5.41, 5.74) is -3.56. The van der Waals surface area contributed by atoms with Crippen molar-refractivity contribution < 1.29 is 77.6 Å². The van der Waals surface area contributed by atoms with Gasteiger partial charge in [0.25, 0.3) is 0 Å². The van der Waals surface area contributed by atoms with Crippen LogP contribution in [0.15, 0.2) is 0 Å². The van der Waals surface area contributed by atoms with Gasteiger partial charge in [0, 0.05) is 19.3 Å². The van der Waals surface area contributed by atoms with Crippen LogP contribution in [0.2, 0.25) is 0 Å². The number of hydrogen-bond donors (Lipinski definition) is 4. The summed E-state index contributed by atoms with van der Waals surface area (Å²) >= 11 is 0. The molecule has 16 heteroatoms. The van der Waals surface area contributed by atoms with Crippen molar-refractivity contribution in [1.82, 2.24) is 0 Å². The van der Waals surface area contributed by atoms with E-state index in [9.17, 15) is 44.4 Å². The minimum atomic E-state index is -1.44. The molecule has 0 radical (unpaired) electrons. The molecule has 0 aromatic carbocycles. The van der Waals surface area contributed by atoms with E-state index in [0.717, 1.165) is 32.1 Å². The van der Waals surface area contributed by atoms with Gasteiger partial charge in [0.15, 0.2) is 24.6 Å². The van der Waals surface area contributed by atoms with Gasteiger partial charge in [-0.15, -0.1) is 0 Å². The zero-order valence-corrected chi connectivity index (χ0v) is 33.7. The lowest BCUT2D eigenvalue weighted by molar-refractivity contribution is -0.264. The number of hydrogen-bond acceptors (Lipinski definition) is 16. The van der Waals surface area contributed by atoms with Crippen molar-refractivity contribution in [3.63, 3.8) is 0 Å². The lowest BCUT2D eigenvalue weighted by Gasteiger charge is -2.62. The van der Waals surface area contributed by atoms with E-state index in [1.54, 1.807) is 13.8 Å². The third kappa shape index (κ3) is 7.94. The van der Waals surface area contributed by atoms with Crippen molar-refractivity contribution in [3.05, 3.63) is 0 Å². The Morgan fingerprint density at radius 3 is 1.95 bits per heavy atom. The summed E-state index contributed by atoms with van der Waals surface area (Å²) in [6.45, 7) is 14.8. The molecule has 4 aliphatic carbocycles. The van der Waals surface area contributed by atoms with E-state index in [0.29, 0.717) is 32.1 Å². The molecule has 56 heavy (non-hydrogen) atoms. The average Bonchev–Trinajstić information content (AvgIpc) is 3.87. The SMILES string of the molecule is CCC(C)(C)C(=O)OC12CC3CC(O)(CC(O)(C3)C1)C2.CCC(C)(C)C(=O)OC1C(=O)OC2C(O)C(O)OC12.CCC(C)C(=O)OC1C2CC3C(=O)OC1C3O2. The Bertz CT molecular complexity index is 1540. The van der Waals surface area contributed by atoms with Crippen molar-refractivity contribution in [3.8, 4) is 0 Å². The summed E-state index contributed by atoms with van der Waals surface area (Å²) in [6.07, 6.45) is -0.753. The maximum atomic E-state index is 12.4. The first-order chi connectivity index (χ1) is 26.0. The minimum absolute atomic E-state index is 0.123. The highest BCUT2D eigenvalue weighted by Gasteiger charge is 2.66. The first kappa shape index (κ1) is 42.7. The molecule has 13 unspecified atom stereocenters. The Hall–Kier alpha value is -2.89. The van der Waals surface area contributed by atoms with Crippen molar-refractivity contribution >= 4 is 29.8 Å². The van der Waals surface area contributed by atoms with E-state index in [-0.39, 0.29) is 54.0 Å². The van der Waals surface area contributed by atoms with Crippen molar-refractivity contribution in [2.45, 2.75) is 192 Å². The van der Waals surface area contributed by atoms with Gasteiger partial charge in [-0.25, -0.2) is 4.79 Å². The van der Waals surface area contributed by atoms with Gasteiger partial charge in [0.1, 0.15) is 23.9 Å². The molecule has 9 rings (SSSR count). The highest BCUT2D eigenvalue weighted by molar-refractivity contribution is 5.84. The van der Waals surface area contributed by atoms with E-state index in [1.807, 2.05) is 41.5 Å². The highest BCUT2D eigenvalue weighted by Crippen LogP contribution is 2.61. The molecule has 13 atom stereocenters. The Morgan fingerprint density at radius 1 is 0.786 bits per heavy atom. The molecular formula is C40H60O16. The second kappa shape index (κ2) is 15.0. The van der Waals surface area contributed by atoms with Crippen LogP contribution in [-0.2, 0) is 57.1 Å². The molecule has 0 spiro atoms. The maximum absolute atomic E-state index is 12.4. The molecule has 5 aliphatic heterocycles. The fourth-order valence-corrected chi connectivity index (χ4v) is 9.57. The number of ether oxygens (including phenoxy) is 7. The highest BCUT2D eigenvalue weighted by atomic mass is 16.7. The summed E-state index contributed by atoms with van der Waals surface area (Å²) in [5, 5.41) is 40.2. The van der Waals surface area contributed by atoms with Crippen LogP contribution >= 0.6 is 0 Å². The van der Waals surface area contributed by atoms with Gasteiger partial charge in [-0.1, -0.05) is 27.7 Å². The summed E-state index contributed by atoms with van der Waals surface area (Å²) < 4.78 is 37.2. The number of fused-ring (bicyclic) bond motifs is 2. The van der Waals surface area contributed by atoms with Crippen LogP contribution in [0.25, 0.3) is 0 Å². The van der Waals surface area contributed by atoms with Gasteiger partial charge in [-0.3, -0.25) is 19.2 Å². The quantitative estimate of drug-likeness (QED) is 0.194. The van der Waals surface area contributed by atoms with Gasteiger partial charge >= 0.3 is 29.8 Å². The topological polar surface area (TPSA) is 231 Å². The average molecular weight is 797 g/mol. The Kier molecular flexibility index (Phi) is 11.5. The molecule has 4 N–H and O–H groups in total. The zero-order valence-electron chi connectivity index (χ0n) is 33.7. The molecule has 9 aliphatic rings. The van der Waals surface area contributed by atoms with Crippen molar-refractivity contribution in [1.29, 1.82) is 0 Å². The molecule has 0 amide bonds. The first-order valence-corrected chi connectivity index (χ1v) is 20.2. The molecule has 5 saturated heterocycles. The third-order valence-electron chi connectivity index (χ3n) is 13.5. The lowest BCUT2D eigenvalue weighted by Crippen LogP contribution is -2.67. The molecular weight excluding hydrogens is 736 g/mol. The molecule has 0 aromatic rings. The molecule has 16 nitrogen and oxygen atoms in total. The monoisotopic (exact) mass is 796 g/mol. The van der Waals surface area contributed by atoms with Gasteiger partial charge in [0.05, 0.1) is 40.0 Å². The van der Waals surface area contributed by atoms with E-state index >= 15 is 0 Å². The fourth-order valence-electron chi connectivity index (χ4n) is 9.57. The van der Waals surface area contributed by atoms with Gasteiger partial charge in [-0.05, 0) is 78.6 Å². The normalized spacial score (nSPS) is 42.8. The van der Waals surface area contributed by atoms with Gasteiger partial charge < -0.3 is 53.6 Å². The first-order valence-electron chi connectivity index (χ1n) is 20.2. The second-order valence-corrected chi connectivity index (χ2v) is 18.8. The number of carbonyl (C=O) groups excluding carboxylic acids is 5. The third-order valence-corrected chi connectivity index (χ3v) is 13.5. The fraction of sp³-hybridized carbons (Fsp3) is 0.875. The molecule has 4 saturated carbocycles. The van der Waals surface area contributed by atoms with Crippen LogP contribution in [0.1, 0.15) is 120 Å². The summed E-state index contributed by atoms with van der Waals surface area (Å²) in [6, 6.07) is 0. The maximum Gasteiger partial charge on any atom is 0.350 e. The number of aliphatic hydroxyl groups excluding tert-OH is 2. The number of rotatable bonds is 9. The van der Waals surface area contributed by atoms with Gasteiger partial charge in [0.2, 0.25) is 6.10 Å². The summed E-state index contributed by atoms with van der Waals surface area (Å²) in [4.78, 5) is 59.2. The van der Waals surface area contributed by atoms with Crippen LogP contribution in [0, 0.1) is 28.6 Å². The number of carbonyl (C=O) groups is 5. The Labute approximate surface area is 327 Å². The standard InChI is InChI=1S/C16H26O4.C12H18O7.C12H16O5/c1-4-13(2,3)12(17)20-16-7-11-5-14(18,9-16)8-15(19,6-11)10-16;1-4-12(2,3)11(16)19-8-7-6(17-10(8)15)5(13)9(14)18-7;1-3-5(2)11(13)16-9-7-4-6-8(15-7)10(9)17-12(6)14/h11,18-19H,4-10H2,1-3H3;5-9,13-14H,4H2,1-3H3;5-10H,3-4H2,1-2H3. The predicted molar refractivity (Wildman–Crippen MR) is 191 cm³/mol. The second-order valence-electron chi connectivity index (χ2n) is 18.8. The lowest BCUT2D eigenvalue weighted by atomic mass is 9.50. The van der Waals surface area contributed by atoms with Crippen LogP contribution < -0.4 is 0 Å². The largest absolute Gasteiger partial charge is 0.458 e. The van der Waals surface area contributed by atoms with Crippen molar-refractivity contribution in [2.24, 2.45) is 28.6 Å². The summed E-state index contributed by atoms with van der Waals surface area (Å²) in [7, 11) is 0. The van der Waals surface area contributed by atoms with Crippen LogP contribution in [-0.4, -0.2) is 122 Å². The molecule has 0 aromatic heterocycles. The summed E-state index contributed by atoms with van der Waals surface area (Å²) in [5.74, 6) is -1.92. The van der Waals surface area contributed by atoms with Gasteiger partial charge in [-0.2, -0.15) is 0 Å². The van der Waals surface area contributed by atoms with E-state index in [2.05, 4.69) is 0 Å². The predicted octanol–water partition coefficient (Wildman–Crippen LogP) is 2.16. The number of aliphatic hydroxyl groups is 4. The van der Waals surface area contributed by atoms with Crippen LogP contribution in [0.4, 0.5) is 0 Å². The molecule has 9 fully saturated rings.